The van der Waals surface area contributed by atoms with Gasteiger partial charge in [-0.3, -0.25) is 19.3 Å². The smallest absolute Gasteiger partial charge is 0.408 e. The van der Waals surface area contributed by atoms with Gasteiger partial charge in [0.2, 0.25) is 17.9 Å². The molecule has 4 amide bonds. The van der Waals surface area contributed by atoms with Crippen LogP contribution in [-0.4, -0.2) is 113 Å². The molecule has 0 spiro atoms. The van der Waals surface area contributed by atoms with E-state index in [-0.39, 0.29) is 47.7 Å². The Bertz CT molecular complexity index is 2480. The summed E-state index contributed by atoms with van der Waals surface area (Å²) in [6.07, 6.45) is 2.94. The Labute approximate surface area is 420 Å². The van der Waals surface area contributed by atoms with E-state index in [2.05, 4.69) is 21.9 Å². The molecule has 3 aliphatic rings. The molecule has 0 aromatic heterocycles. The summed E-state index contributed by atoms with van der Waals surface area (Å²) in [5.74, 6) is -2.74. The van der Waals surface area contributed by atoms with Crippen molar-refractivity contribution in [1.29, 1.82) is 0 Å². The fourth-order valence-corrected chi connectivity index (χ4v) is 8.31. The Hall–Kier alpha value is -6.33. The van der Waals surface area contributed by atoms with Crippen molar-refractivity contribution < 1.29 is 52.2 Å². The number of halogens is 2. The highest BCUT2D eigenvalue weighted by Crippen LogP contribution is 2.37. The number of primary amides is 1. The molecule has 4 N–H and O–H groups in total. The number of rotatable bonds is 14. The van der Waals surface area contributed by atoms with Gasteiger partial charge in [0.1, 0.15) is 28.9 Å². The number of hydrogen-bond acceptors (Lipinski definition) is 12. The molecule has 1 unspecified atom stereocenters. The normalized spacial score (nSPS) is 17.4. The van der Waals surface area contributed by atoms with Gasteiger partial charge in [-0.15, -0.1) is 0 Å². The van der Waals surface area contributed by atoms with Crippen LogP contribution in [0.5, 0.6) is 0 Å². The minimum absolute atomic E-state index is 0.0117. The lowest BCUT2D eigenvalue weighted by Crippen LogP contribution is -2.49. The highest BCUT2D eigenvalue weighted by atomic mass is 35.5. The molecule has 3 atom stereocenters. The monoisotopic (exact) mass is 1000 g/mol. The molecule has 3 aliphatic heterocycles. The Morgan fingerprint density at radius 3 is 2.13 bits per heavy atom. The highest BCUT2D eigenvalue weighted by molar-refractivity contribution is 6.31. The number of benzene rings is 3. The zero-order valence-corrected chi connectivity index (χ0v) is 43.0. The second-order valence-corrected chi connectivity index (χ2v) is 21.0. The van der Waals surface area contributed by atoms with E-state index in [1.165, 1.54) is 17.0 Å². The van der Waals surface area contributed by atoms with E-state index < -0.39 is 64.7 Å². The van der Waals surface area contributed by atoms with Crippen LogP contribution in [0.15, 0.2) is 78.0 Å². The van der Waals surface area contributed by atoms with Crippen LogP contribution in [0.3, 0.4) is 0 Å². The number of hydrogen-bond donors (Lipinski definition) is 3. The minimum atomic E-state index is -1.05. The average molecular weight is 1000 g/mol. The van der Waals surface area contributed by atoms with E-state index in [9.17, 15) is 33.2 Å². The lowest BCUT2D eigenvalue weighted by molar-refractivity contribution is -0.157. The summed E-state index contributed by atoms with van der Waals surface area (Å²) in [5.41, 5.74) is 8.69. The molecule has 3 aromatic rings. The van der Waals surface area contributed by atoms with E-state index in [0.717, 1.165) is 16.7 Å². The zero-order valence-electron chi connectivity index (χ0n) is 42.2. The quantitative estimate of drug-likeness (QED) is 0.0805. The predicted molar refractivity (Wildman–Crippen MR) is 268 cm³/mol. The van der Waals surface area contributed by atoms with E-state index in [4.69, 9.17) is 36.4 Å². The third kappa shape index (κ3) is 16.6. The molecule has 0 saturated carbocycles. The van der Waals surface area contributed by atoms with E-state index in [1.54, 1.807) is 59.7 Å². The van der Waals surface area contributed by atoms with Gasteiger partial charge in [0.05, 0.1) is 22.8 Å². The molecule has 0 saturated heterocycles. The van der Waals surface area contributed by atoms with Gasteiger partial charge in [0.25, 0.3) is 5.91 Å². The van der Waals surface area contributed by atoms with Crippen LogP contribution in [-0.2, 0) is 44.6 Å². The lowest BCUT2D eigenvalue weighted by Gasteiger charge is -2.37. The van der Waals surface area contributed by atoms with Crippen molar-refractivity contribution in [2.24, 2.45) is 10.9 Å². The fourth-order valence-electron chi connectivity index (χ4n) is 8.14. The largest absolute Gasteiger partial charge is 0.458 e. The zero-order chi connectivity index (χ0) is 52.3. The van der Waals surface area contributed by atoms with Crippen LogP contribution < -0.4 is 16.4 Å². The van der Waals surface area contributed by atoms with Gasteiger partial charge in [0.15, 0.2) is 5.82 Å². The van der Waals surface area contributed by atoms with Crippen molar-refractivity contribution in [3.63, 3.8) is 0 Å². The molecule has 0 radical (unpaired) electrons. The number of ether oxygens (including phenoxy) is 3. The first-order chi connectivity index (χ1) is 33.3. The molecular formula is C53H68ClFN6O10. The maximum absolute atomic E-state index is 14.7. The Kier molecular flexibility index (Phi) is 18.9. The number of carbonyl (C=O) groups is 6. The highest BCUT2D eigenvalue weighted by Gasteiger charge is 2.42. The molecular weight excluding hydrogens is 935 g/mol. The molecule has 3 heterocycles. The fraction of sp³-hybridized carbons (Fsp3) is 0.491. The Balaban J connectivity index is 0.000000624. The van der Waals surface area contributed by atoms with Crippen molar-refractivity contribution in [3.8, 4) is 0 Å². The summed E-state index contributed by atoms with van der Waals surface area (Å²) in [5, 5.41) is 9.47. The second-order valence-electron chi connectivity index (χ2n) is 20.6. The first-order valence-corrected chi connectivity index (χ1v) is 24.3. The maximum Gasteiger partial charge on any atom is 0.408 e. The number of oxime groups is 1. The number of nitrogens with two attached hydrogens (primary N) is 1. The topological polar surface area (TPSA) is 208 Å². The summed E-state index contributed by atoms with van der Waals surface area (Å²) >= 11 is 5.94. The molecule has 16 nitrogen and oxygen atoms in total. The van der Waals surface area contributed by atoms with Gasteiger partial charge in [-0.25, -0.2) is 18.8 Å². The summed E-state index contributed by atoms with van der Waals surface area (Å²) in [7, 11) is 0. The third-order valence-electron chi connectivity index (χ3n) is 11.2. The van der Waals surface area contributed by atoms with Crippen molar-refractivity contribution in [1.82, 2.24) is 20.4 Å². The third-order valence-corrected chi connectivity index (χ3v) is 11.5. The second kappa shape index (κ2) is 24.2. The summed E-state index contributed by atoms with van der Waals surface area (Å²) in [6.45, 7) is 18.1. The van der Waals surface area contributed by atoms with Crippen molar-refractivity contribution in [2.75, 3.05) is 32.7 Å². The van der Waals surface area contributed by atoms with Crippen LogP contribution in [0.25, 0.3) is 5.57 Å². The average Bonchev–Trinajstić information content (AvgIpc) is 3.78. The maximum atomic E-state index is 14.7. The number of unbranched alkanes of at least 4 members (excludes halogenated alkanes) is 1. The number of nitrogens with zero attached hydrogens (tertiary/aromatic N) is 3. The van der Waals surface area contributed by atoms with Crippen molar-refractivity contribution in [2.45, 2.75) is 136 Å². The Morgan fingerprint density at radius 2 is 1.49 bits per heavy atom. The summed E-state index contributed by atoms with van der Waals surface area (Å²) in [4.78, 5) is 85.1. The molecule has 0 fully saturated rings. The number of alkyl carbamates (subject to hydrolysis) is 1. The van der Waals surface area contributed by atoms with E-state index in [0.29, 0.717) is 62.9 Å². The first-order valence-electron chi connectivity index (χ1n) is 23.9. The van der Waals surface area contributed by atoms with Gasteiger partial charge < -0.3 is 40.3 Å². The van der Waals surface area contributed by atoms with E-state index in [1.807, 2.05) is 62.1 Å². The standard InChI is InChI=1S/C42H54ClFN6O8.C11H14O2/c1-41(2,3)56-39(54)31(47-40(55)57-42(4,5)6)15-7-8-19-46-34(51)24-49-20-16-25(17-21-49)26-11-9-12-28-27(26)18-22-50(36(28)37(45)52)38(53)33-23-32(48-58-33)29-13-10-14-30(43)35(29)44;1-11(2,3)13-10(12)9-7-5-4-6-8-9/h9-14,16,31,33,36H,7-8,15,17-24H2,1-6H3,(H2,45,52)(H,46,51)(H,47,55);4-8H,1-3H3/t31?,33-,36+;/m1./s1. The molecule has 18 heteroatoms. The molecule has 71 heavy (non-hydrogen) atoms. The minimum Gasteiger partial charge on any atom is -0.458 e. The van der Waals surface area contributed by atoms with Crippen molar-refractivity contribution >= 4 is 58.6 Å². The van der Waals surface area contributed by atoms with Crippen LogP contribution >= 0.6 is 11.6 Å². The van der Waals surface area contributed by atoms with Crippen LogP contribution in [0.4, 0.5) is 9.18 Å². The molecule has 6 rings (SSSR count). The number of carbonyl (C=O) groups excluding carboxylic acids is 6. The van der Waals surface area contributed by atoms with Gasteiger partial charge in [-0.05, 0) is 141 Å². The first kappa shape index (κ1) is 55.6. The van der Waals surface area contributed by atoms with Crippen molar-refractivity contribution in [3.05, 3.63) is 111 Å². The van der Waals surface area contributed by atoms with Crippen LogP contribution in [0, 0.1) is 5.82 Å². The van der Waals surface area contributed by atoms with Crippen LogP contribution in [0.2, 0.25) is 5.02 Å². The number of nitrogens with one attached hydrogen (secondary N) is 2. The molecule has 0 bridgehead atoms. The predicted octanol–water partition coefficient (Wildman–Crippen LogP) is 7.84. The molecule has 3 aromatic carbocycles. The Morgan fingerprint density at radius 1 is 0.831 bits per heavy atom. The number of fused-ring (bicyclic) bond motifs is 1. The summed E-state index contributed by atoms with van der Waals surface area (Å²) < 4.78 is 30.7. The number of esters is 2. The van der Waals surface area contributed by atoms with Gasteiger partial charge in [0, 0.05) is 38.2 Å². The van der Waals surface area contributed by atoms with Gasteiger partial charge in [-0.2, -0.15) is 0 Å². The SMILES string of the molecule is CC(C)(C)OC(=O)NC(CCCCNC(=O)CN1CC=C(c2cccc3c2CCN(C(=O)[C@H]2CC(c4cccc(Cl)c4F)=NO2)[C@@H]3C(N)=O)CC1)C(=O)OC(C)(C)C.CC(C)(C)OC(=O)c1ccccc1. The lowest BCUT2D eigenvalue weighted by atomic mass is 9.84. The molecule has 0 aliphatic carbocycles. The molecule has 384 valence electrons. The van der Waals surface area contributed by atoms with Gasteiger partial charge >= 0.3 is 18.0 Å². The summed E-state index contributed by atoms with van der Waals surface area (Å²) in [6, 6.07) is 17.3. The number of amides is 4. The van der Waals surface area contributed by atoms with Gasteiger partial charge in [-0.1, -0.05) is 65.3 Å². The van der Waals surface area contributed by atoms with Crippen LogP contribution in [0.1, 0.15) is 133 Å². The van der Waals surface area contributed by atoms with E-state index >= 15 is 0 Å².